The first-order chi connectivity index (χ1) is 8.63. The first-order valence-corrected chi connectivity index (χ1v) is 7.15. The maximum atomic E-state index is 12.5. The summed E-state index contributed by atoms with van der Waals surface area (Å²) in [6.45, 7) is 2.97. The molecule has 1 atom stereocenters. The number of carbonyl (C=O) groups is 1. The monoisotopic (exact) mass is 285 g/mol. The Bertz CT molecular complexity index is 447. The van der Waals surface area contributed by atoms with Crippen molar-refractivity contribution >= 4 is 29.1 Å². The summed E-state index contributed by atoms with van der Waals surface area (Å²) in [5.41, 5.74) is 0.629. The van der Waals surface area contributed by atoms with Crippen LogP contribution < -0.4 is 0 Å². The lowest BCUT2D eigenvalue weighted by Gasteiger charge is -2.35. The molecule has 98 valence electrons. The molecule has 0 spiro atoms. The van der Waals surface area contributed by atoms with Gasteiger partial charge in [-0.2, -0.15) is 0 Å². The second kappa shape index (κ2) is 5.94. The number of hydrogen-bond donors (Lipinski definition) is 0. The molecule has 2 rings (SSSR count). The van der Waals surface area contributed by atoms with E-state index in [0.717, 1.165) is 25.8 Å². The zero-order chi connectivity index (χ0) is 13.1. The Balaban J connectivity index is 2.21. The van der Waals surface area contributed by atoms with Crippen molar-refractivity contribution in [2.45, 2.75) is 38.6 Å². The lowest BCUT2D eigenvalue weighted by Crippen LogP contribution is -2.43. The largest absolute Gasteiger partial charge is 0.336 e. The van der Waals surface area contributed by atoms with Crippen LogP contribution in [0.3, 0.4) is 0 Å². The summed E-state index contributed by atoms with van der Waals surface area (Å²) in [4.78, 5) is 14.4. The topological polar surface area (TPSA) is 20.3 Å². The maximum Gasteiger partial charge on any atom is 0.254 e. The van der Waals surface area contributed by atoms with E-state index in [1.807, 2.05) is 4.90 Å². The summed E-state index contributed by atoms with van der Waals surface area (Å²) in [5, 5.41) is 0.923. The van der Waals surface area contributed by atoms with Crippen LogP contribution >= 0.6 is 23.2 Å². The molecule has 1 saturated heterocycles. The van der Waals surface area contributed by atoms with Gasteiger partial charge in [0.1, 0.15) is 0 Å². The van der Waals surface area contributed by atoms with E-state index in [1.165, 1.54) is 6.42 Å². The lowest BCUT2D eigenvalue weighted by atomic mass is 9.99. The molecule has 1 aromatic rings. The fraction of sp³-hybridized carbons (Fsp3) is 0.500. The smallest absolute Gasteiger partial charge is 0.254 e. The van der Waals surface area contributed by atoms with Crippen LogP contribution in [0.1, 0.15) is 43.0 Å². The van der Waals surface area contributed by atoms with Crippen LogP contribution in [0.2, 0.25) is 10.0 Å². The summed E-state index contributed by atoms with van der Waals surface area (Å²) in [6.07, 6.45) is 4.41. The van der Waals surface area contributed by atoms with Gasteiger partial charge in [0.15, 0.2) is 0 Å². The summed E-state index contributed by atoms with van der Waals surface area (Å²) in [7, 11) is 0. The van der Waals surface area contributed by atoms with Crippen LogP contribution in [0.4, 0.5) is 0 Å². The summed E-state index contributed by atoms with van der Waals surface area (Å²) in [5.74, 6) is 0.0696. The van der Waals surface area contributed by atoms with Gasteiger partial charge in [-0.15, -0.1) is 0 Å². The Morgan fingerprint density at radius 1 is 1.33 bits per heavy atom. The number of amides is 1. The molecule has 0 aromatic heterocycles. The minimum absolute atomic E-state index is 0.0696. The van der Waals surface area contributed by atoms with Crippen molar-refractivity contribution in [3.8, 4) is 0 Å². The van der Waals surface area contributed by atoms with E-state index < -0.39 is 0 Å². The Hall–Kier alpha value is -0.730. The van der Waals surface area contributed by atoms with Crippen LogP contribution in [-0.2, 0) is 0 Å². The van der Waals surface area contributed by atoms with E-state index in [1.54, 1.807) is 18.2 Å². The van der Waals surface area contributed by atoms with E-state index in [2.05, 4.69) is 6.92 Å². The van der Waals surface area contributed by atoms with Crippen molar-refractivity contribution in [2.75, 3.05) is 6.54 Å². The maximum absolute atomic E-state index is 12.5. The Kier molecular flexibility index (Phi) is 4.52. The molecule has 0 aliphatic carbocycles. The van der Waals surface area contributed by atoms with Crippen LogP contribution in [0.25, 0.3) is 0 Å². The number of hydrogen-bond acceptors (Lipinski definition) is 1. The highest BCUT2D eigenvalue weighted by Gasteiger charge is 2.26. The zero-order valence-electron chi connectivity index (χ0n) is 10.5. The quantitative estimate of drug-likeness (QED) is 0.789. The van der Waals surface area contributed by atoms with E-state index in [-0.39, 0.29) is 5.91 Å². The number of rotatable bonds is 2. The number of carbonyl (C=O) groups excluding carboxylic acids is 1. The second-order valence-electron chi connectivity index (χ2n) is 4.69. The molecular weight excluding hydrogens is 269 g/mol. The molecule has 1 aliphatic rings. The number of piperidine rings is 1. The molecule has 0 N–H and O–H groups in total. The predicted molar refractivity (Wildman–Crippen MR) is 75.4 cm³/mol. The summed E-state index contributed by atoms with van der Waals surface area (Å²) in [6, 6.07) is 5.45. The van der Waals surface area contributed by atoms with Crippen LogP contribution in [0.5, 0.6) is 0 Å². The SMILES string of the molecule is CCC1CCCCN1C(=O)c1ccc(Cl)c(Cl)c1. The fourth-order valence-corrected chi connectivity index (χ4v) is 2.79. The standard InChI is InChI=1S/C14H17Cl2NO/c1-2-11-5-3-4-8-17(11)14(18)10-6-7-12(15)13(16)9-10/h6-7,9,11H,2-5,8H2,1H3. The molecule has 4 heteroatoms. The highest BCUT2D eigenvalue weighted by atomic mass is 35.5. The Morgan fingerprint density at radius 3 is 2.78 bits per heavy atom. The van der Waals surface area contributed by atoms with Crippen molar-refractivity contribution in [3.63, 3.8) is 0 Å². The Morgan fingerprint density at radius 2 is 2.11 bits per heavy atom. The van der Waals surface area contributed by atoms with Gasteiger partial charge < -0.3 is 4.90 Å². The van der Waals surface area contributed by atoms with Crippen molar-refractivity contribution < 1.29 is 4.79 Å². The molecule has 18 heavy (non-hydrogen) atoms. The minimum atomic E-state index is 0.0696. The number of likely N-dealkylation sites (tertiary alicyclic amines) is 1. The molecule has 1 unspecified atom stereocenters. The number of halogens is 2. The van der Waals surface area contributed by atoms with Gasteiger partial charge >= 0.3 is 0 Å². The first-order valence-electron chi connectivity index (χ1n) is 6.39. The van der Waals surface area contributed by atoms with Crippen LogP contribution in [-0.4, -0.2) is 23.4 Å². The molecular formula is C14H17Cl2NO. The van der Waals surface area contributed by atoms with Crippen LogP contribution in [0.15, 0.2) is 18.2 Å². The molecule has 1 aromatic carbocycles. The second-order valence-corrected chi connectivity index (χ2v) is 5.50. The third kappa shape index (κ3) is 2.81. The van der Waals surface area contributed by atoms with Crippen molar-refractivity contribution in [2.24, 2.45) is 0 Å². The summed E-state index contributed by atoms with van der Waals surface area (Å²) >= 11 is 11.8. The van der Waals surface area contributed by atoms with Gasteiger partial charge in [-0.3, -0.25) is 4.79 Å². The number of nitrogens with zero attached hydrogens (tertiary/aromatic N) is 1. The van der Waals surface area contributed by atoms with Crippen molar-refractivity contribution in [1.29, 1.82) is 0 Å². The molecule has 1 amide bonds. The molecule has 1 heterocycles. The first kappa shape index (κ1) is 13.7. The molecule has 1 aliphatic heterocycles. The average Bonchev–Trinajstić information content (AvgIpc) is 2.41. The van der Waals surface area contributed by atoms with Gasteiger partial charge in [0.2, 0.25) is 0 Å². The third-order valence-corrected chi connectivity index (χ3v) is 4.26. The highest BCUT2D eigenvalue weighted by molar-refractivity contribution is 6.42. The Labute approximate surface area is 118 Å². The van der Waals surface area contributed by atoms with Gasteiger partial charge in [0.05, 0.1) is 10.0 Å². The van der Waals surface area contributed by atoms with E-state index >= 15 is 0 Å². The summed E-state index contributed by atoms with van der Waals surface area (Å²) < 4.78 is 0. The van der Waals surface area contributed by atoms with E-state index in [9.17, 15) is 4.79 Å². The van der Waals surface area contributed by atoms with Gasteiger partial charge in [0.25, 0.3) is 5.91 Å². The van der Waals surface area contributed by atoms with Gasteiger partial charge in [-0.25, -0.2) is 0 Å². The normalized spacial score (nSPS) is 19.9. The zero-order valence-corrected chi connectivity index (χ0v) is 12.0. The molecule has 0 radical (unpaired) electrons. The van der Waals surface area contributed by atoms with Gasteiger partial charge in [0, 0.05) is 18.2 Å². The average molecular weight is 286 g/mol. The van der Waals surface area contributed by atoms with Gasteiger partial charge in [-0.05, 0) is 43.9 Å². The van der Waals surface area contributed by atoms with E-state index in [4.69, 9.17) is 23.2 Å². The number of benzene rings is 1. The predicted octanol–water partition coefficient (Wildman–Crippen LogP) is 4.40. The van der Waals surface area contributed by atoms with Crippen LogP contribution in [0, 0.1) is 0 Å². The van der Waals surface area contributed by atoms with E-state index in [0.29, 0.717) is 21.7 Å². The minimum Gasteiger partial charge on any atom is -0.336 e. The third-order valence-electron chi connectivity index (χ3n) is 3.53. The molecule has 0 saturated carbocycles. The molecule has 1 fully saturated rings. The fourth-order valence-electron chi connectivity index (χ4n) is 2.49. The molecule has 2 nitrogen and oxygen atoms in total. The van der Waals surface area contributed by atoms with Crippen molar-refractivity contribution in [3.05, 3.63) is 33.8 Å². The van der Waals surface area contributed by atoms with Crippen molar-refractivity contribution in [1.82, 2.24) is 4.90 Å². The van der Waals surface area contributed by atoms with Gasteiger partial charge in [-0.1, -0.05) is 30.1 Å². The lowest BCUT2D eigenvalue weighted by molar-refractivity contribution is 0.0608. The molecule has 0 bridgehead atoms. The highest BCUT2D eigenvalue weighted by Crippen LogP contribution is 2.26.